The highest BCUT2D eigenvalue weighted by Crippen LogP contribution is 2.58. The molecule has 0 spiro atoms. The Kier molecular flexibility index (Phi) is 6.52. The van der Waals surface area contributed by atoms with Crippen LogP contribution in [-0.4, -0.2) is 69.0 Å². The molecular weight excluding hydrogens is 495 g/mol. The fourth-order valence-corrected chi connectivity index (χ4v) is 5.85. The summed E-state index contributed by atoms with van der Waals surface area (Å²) in [6, 6.07) is 10.6. The molecule has 0 aliphatic carbocycles. The summed E-state index contributed by atoms with van der Waals surface area (Å²) in [5.74, 6) is -0.113. The number of nitrogens with one attached hydrogen (secondary N) is 1. The Morgan fingerprint density at radius 3 is 2.81 bits per heavy atom. The van der Waals surface area contributed by atoms with Crippen molar-refractivity contribution >= 4 is 24.8 Å². The number of fused-ring (bicyclic) bond motifs is 1. The molecule has 7 atom stereocenters. The summed E-state index contributed by atoms with van der Waals surface area (Å²) in [5, 5.41) is 22.1. The minimum atomic E-state index is -4.07. The number of benzene rings is 1. The lowest BCUT2D eigenvalue weighted by atomic mass is 9.96. The van der Waals surface area contributed by atoms with E-state index in [9.17, 15) is 19.6 Å². The Bertz CT molecular complexity index is 1340. The van der Waals surface area contributed by atoms with Crippen molar-refractivity contribution < 1.29 is 37.8 Å². The van der Waals surface area contributed by atoms with Crippen LogP contribution in [0.5, 0.6) is 0 Å². The highest BCUT2D eigenvalue weighted by molar-refractivity contribution is 7.48. The minimum Gasteiger partial charge on any atom is -0.387 e. The molecule has 5 rings (SSSR count). The lowest BCUT2D eigenvalue weighted by molar-refractivity contribution is -0.0990. The predicted octanol–water partition coefficient (Wildman–Crippen LogP) is 1.24. The van der Waals surface area contributed by atoms with Gasteiger partial charge in [-0.05, 0) is 18.6 Å². The first-order chi connectivity index (χ1) is 17.1. The molecule has 14 heteroatoms. The van der Waals surface area contributed by atoms with E-state index in [1.54, 1.807) is 0 Å². The van der Waals surface area contributed by atoms with Crippen molar-refractivity contribution in [2.24, 2.45) is 0 Å². The molecule has 194 valence electrons. The zero-order chi connectivity index (χ0) is 25.7. The lowest BCUT2D eigenvalue weighted by Gasteiger charge is -2.35. The van der Waals surface area contributed by atoms with Crippen LogP contribution in [0, 0.1) is 0 Å². The number of aromatic amines is 1. The number of nitrogen functional groups attached to an aromatic ring is 1. The van der Waals surface area contributed by atoms with E-state index in [1.165, 1.54) is 30.9 Å². The Balaban J connectivity index is 1.34. The van der Waals surface area contributed by atoms with Crippen molar-refractivity contribution in [3.63, 3.8) is 0 Å². The topological polar surface area (TPSA) is 180 Å². The second kappa shape index (κ2) is 9.36. The van der Waals surface area contributed by atoms with Gasteiger partial charge in [-0.15, -0.1) is 0 Å². The zero-order valence-electron chi connectivity index (χ0n) is 19.5. The second-order valence-electron chi connectivity index (χ2n) is 8.86. The maximum Gasteiger partial charge on any atom is 0.475 e. The van der Waals surface area contributed by atoms with Crippen LogP contribution in [0.15, 0.2) is 47.4 Å². The third kappa shape index (κ3) is 4.38. The molecule has 2 aromatic heterocycles. The Morgan fingerprint density at radius 2 is 2.08 bits per heavy atom. The Morgan fingerprint density at radius 1 is 1.33 bits per heavy atom. The van der Waals surface area contributed by atoms with E-state index < -0.39 is 56.2 Å². The molecule has 4 heterocycles. The van der Waals surface area contributed by atoms with Gasteiger partial charge in [-0.2, -0.15) is 4.98 Å². The third-order valence-corrected chi connectivity index (χ3v) is 7.83. The molecule has 0 amide bonds. The largest absolute Gasteiger partial charge is 0.475 e. The number of phosphoric ester groups is 1. The van der Waals surface area contributed by atoms with Gasteiger partial charge in [0.1, 0.15) is 30.0 Å². The molecule has 5 N–H and O–H groups in total. The number of aliphatic hydroxyl groups excluding tert-OH is 1. The molecule has 1 aromatic carbocycles. The zero-order valence-corrected chi connectivity index (χ0v) is 20.4. The maximum absolute atomic E-state index is 13.3. The van der Waals surface area contributed by atoms with Gasteiger partial charge in [0.15, 0.2) is 11.9 Å². The van der Waals surface area contributed by atoms with E-state index in [2.05, 4.69) is 9.97 Å². The van der Waals surface area contributed by atoms with Gasteiger partial charge in [-0.3, -0.25) is 23.3 Å². The van der Waals surface area contributed by atoms with Crippen LogP contribution in [0.1, 0.15) is 24.8 Å². The highest BCUT2D eigenvalue weighted by Gasteiger charge is 2.54. The molecule has 36 heavy (non-hydrogen) atoms. The molecule has 2 saturated heterocycles. The highest BCUT2D eigenvalue weighted by atomic mass is 31.2. The van der Waals surface area contributed by atoms with Gasteiger partial charge >= 0.3 is 7.82 Å². The fraction of sp³-hybridized carbons (Fsp3) is 0.455. The molecule has 0 unspecified atom stereocenters. The number of H-pyrrole nitrogens is 1. The van der Waals surface area contributed by atoms with Crippen LogP contribution >= 0.6 is 7.82 Å². The van der Waals surface area contributed by atoms with E-state index >= 15 is 0 Å². The van der Waals surface area contributed by atoms with E-state index in [0.29, 0.717) is 0 Å². The third-order valence-electron chi connectivity index (χ3n) is 6.41. The number of aromatic nitrogens is 3. The second-order valence-corrected chi connectivity index (χ2v) is 10.5. The SMILES string of the molecule is CO[C@@H]1CO[P@](=O)(OC[C@H]2O[C@@H](n3ccc4c(=O)[nH]c(N)nc43)[C@](C)(O)[C@@H]2O)O[C@@H]1c1ccccc1. The Labute approximate surface area is 205 Å². The van der Waals surface area contributed by atoms with Crippen LogP contribution in [0.4, 0.5) is 5.95 Å². The average Bonchev–Trinajstić information content (AvgIpc) is 3.36. The number of anilines is 1. The number of hydrogen-bond donors (Lipinski definition) is 4. The summed E-state index contributed by atoms with van der Waals surface area (Å²) in [4.78, 5) is 18.7. The van der Waals surface area contributed by atoms with Crippen LogP contribution in [0.25, 0.3) is 11.0 Å². The quantitative estimate of drug-likeness (QED) is 0.342. The molecule has 0 bridgehead atoms. The molecule has 2 fully saturated rings. The molecule has 2 aliphatic rings. The Hall–Kier alpha value is -2.61. The van der Waals surface area contributed by atoms with Crippen molar-refractivity contribution in [3.8, 4) is 0 Å². The minimum absolute atomic E-state index is 0.0429. The number of aliphatic hydroxyl groups is 2. The van der Waals surface area contributed by atoms with E-state index in [0.717, 1.165) is 5.56 Å². The number of nitrogens with zero attached hydrogens (tertiary/aromatic N) is 2. The number of nitrogens with two attached hydrogens (primary N) is 1. The smallest absolute Gasteiger partial charge is 0.387 e. The summed E-state index contributed by atoms with van der Waals surface area (Å²) >= 11 is 0. The maximum atomic E-state index is 13.3. The standard InChI is InChI=1S/C22H27N4O9P/c1-22(29)17(27)15(34-20(22)26-9-8-13-18(26)24-21(23)25-19(13)28)11-33-36(30)32-10-14(31-2)16(35-36)12-6-4-3-5-7-12/h3-9,14-17,20,27,29H,10-11H2,1-2H3,(H3,23,24,25,28)/t14-,15-,16-,17-,20-,22-,36-/m1/s1. The lowest BCUT2D eigenvalue weighted by Crippen LogP contribution is -2.44. The molecular formula is C22H27N4O9P. The van der Waals surface area contributed by atoms with Crippen molar-refractivity contribution in [2.45, 2.75) is 43.2 Å². The van der Waals surface area contributed by atoms with Crippen LogP contribution in [0.3, 0.4) is 0 Å². The summed E-state index contributed by atoms with van der Waals surface area (Å²) in [5.41, 5.74) is 4.29. The monoisotopic (exact) mass is 522 g/mol. The number of hydrogen-bond acceptors (Lipinski definition) is 11. The van der Waals surface area contributed by atoms with Gasteiger partial charge in [0, 0.05) is 13.3 Å². The molecule has 2 aliphatic heterocycles. The van der Waals surface area contributed by atoms with E-state index in [4.69, 9.17) is 28.8 Å². The molecule has 3 aromatic rings. The average molecular weight is 522 g/mol. The van der Waals surface area contributed by atoms with E-state index in [1.807, 2.05) is 30.3 Å². The summed E-state index contributed by atoms with van der Waals surface area (Å²) in [6.45, 7) is 0.910. The summed E-state index contributed by atoms with van der Waals surface area (Å²) < 4.78 is 42.6. The van der Waals surface area contributed by atoms with Crippen LogP contribution < -0.4 is 11.3 Å². The summed E-state index contributed by atoms with van der Waals surface area (Å²) in [7, 11) is -2.58. The van der Waals surface area contributed by atoms with Gasteiger partial charge in [0.25, 0.3) is 5.56 Å². The van der Waals surface area contributed by atoms with Gasteiger partial charge in [0.05, 0.1) is 18.6 Å². The normalized spacial score (nSPS) is 34.8. The van der Waals surface area contributed by atoms with Crippen molar-refractivity contribution in [3.05, 3.63) is 58.5 Å². The van der Waals surface area contributed by atoms with E-state index in [-0.39, 0.29) is 23.6 Å². The first-order valence-corrected chi connectivity index (χ1v) is 12.7. The number of phosphoric acid groups is 1. The van der Waals surface area contributed by atoms with Gasteiger partial charge < -0.3 is 30.0 Å². The number of methoxy groups -OCH3 is 1. The van der Waals surface area contributed by atoms with Gasteiger partial charge in [-0.25, -0.2) is 4.57 Å². The van der Waals surface area contributed by atoms with Crippen molar-refractivity contribution in [2.75, 3.05) is 26.1 Å². The van der Waals surface area contributed by atoms with Gasteiger partial charge in [0.2, 0.25) is 5.95 Å². The summed E-state index contributed by atoms with van der Waals surface area (Å²) in [6.07, 6.45) is -3.45. The fourth-order valence-electron chi connectivity index (χ4n) is 4.46. The molecule has 0 saturated carbocycles. The molecule has 13 nitrogen and oxygen atoms in total. The van der Waals surface area contributed by atoms with Gasteiger partial charge in [-0.1, -0.05) is 30.3 Å². The van der Waals surface area contributed by atoms with Crippen molar-refractivity contribution in [1.82, 2.24) is 14.5 Å². The number of rotatable bonds is 6. The first-order valence-electron chi connectivity index (χ1n) is 11.2. The first kappa shape index (κ1) is 25.1. The van der Waals surface area contributed by atoms with Crippen LogP contribution in [0.2, 0.25) is 0 Å². The van der Waals surface area contributed by atoms with Crippen molar-refractivity contribution in [1.29, 1.82) is 0 Å². The number of ether oxygens (including phenoxy) is 2. The predicted molar refractivity (Wildman–Crippen MR) is 126 cm³/mol. The van der Waals surface area contributed by atoms with Crippen LogP contribution in [-0.2, 0) is 27.6 Å². The molecule has 0 radical (unpaired) electrons.